The number of hydrogen-bond donors (Lipinski definition) is 1. The lowest BCUT2D eigenvalue weighted by atomic mass is 10.2. The molecule has 0 saturated heterocycles. The van der Waals surface area contributed by atoms with Gasteiger partial charge in [-0.05, 0) is 18.2 Å². The molecule has 16 heavy (non-hydrogen) atoms. The zero-order valence-corrected chi connectivity index (χ0v) is 11.0. The van der Waals surface area contributed by atoms with E-state index >= 15 is 0 Å². The van der Waals surface area contributed by atoms with Gasteiger partial charge in [-0.2, -0.15) is 0 Å². The van der Waals surface area contributed by atoms with Crippen LogP contribution in [-0.4, -0.2) is 28.7 Å². The number of halogens is 2. The Morgan fingerprint density at radius 2 is 2.25 bits per heavy atom. The van der Waals surface area contributed by atoms with Gasteiger partial charge in [0.25, 0.3) is 5.91 Å². The van der Waals surface area contributed by atoms with Gasteiger partial charge < -0.3 is 5.32 Å². The van der Waals surface area contributed by atoms with E-state index in [1.54, 1.807) is 6.26 Å². The van der Waals surface area contributed by atoms with Crippen LogP contribution >= 0.6 is 15.9 Å². The van der Waals surface area contributed by atoms with Crippen molar-refractivity contribution in [2.45, 2.75) is 0 Å². The highest BCUT2D eigenvalue weighted by Crippen LogP contribution is 2.15. The average molecular weight is 308 g/mol. The van der Waals surface area contributed by atoms with Gasteiger partial charge in [0, 0.05) is 33.8 Å². The Balaban J connectivity index is 2.65. The third-order valence-electron chi connectivity index (χ3n) is 1.85. The molecule has 1 N–H and O–H groups in total. The van der Waals surface area contributed by atoms with Crippen molar-refractivity contribution in [3.8, 4) is 0 Å². The van der Waals surface area contributed by atoms with Gasteiger partial charge in [0.15, 0.2) is 0 Å². The highest BCUT2D eigenvalue weighted by Gasteiger charge is 2.11. The fraction of sp³-hybridized carbons (Fsp3) is 0.300. The minimum absolute atomic E-state index is 0.0174. The molecule has 1 amide bonds. The van der Waals surface area contributed by atoms with Gasteiger partial charge in [0.2, 0.25) is 0 Å². The first-order valence-corrected chi connectivity index (χ1v) is 7.06. The zero-order chi connectivity index (χ0) is 12.1. The Morgan fingerprint density at radius 1 is 1.56 bits per heavy atom. The molecular formula is C10H11BrFNO2S. The molecular weight excluding hydrogens is 297 g/mol. The quantitative estimate of drug-likeness (QED) is 0.920. The maximum Gasteiger partial charge on any atom is 0.254 e. The fourth-order valence-corrected chi connectivity index (χ4v) is 1.83. The summed E-state index contributed by atoms with van der Waals surface area (Å²) in [6.45, 7) is 0.272. The second kappa shape index (κ2) is 6.10. The lowest BCUT2D eigenvalue weighted by molar-refractivity contribution is 0.0952. The van der Waals surface area contributed by atoms with Gasteiger partial charge in [0.1, 0.15) is 5.82 Å². The number of carbonyl (C=O) groups excluding carboxylic acids is 1. The molecule has 1 atom stereocenters. The molecule has 88 valence electrons. The van der Waals surface area contributed by atoms with Crippen LogP contribution in [0.4, 0.5) is 4.39 Å². The van der Waals surface area contributed by atoms with Crippen LogP contribution in [0.1, 0.15) is 10.4 Å². The molecule has 1 rings (SSSR count). The number of amides is 1. The van der Waals surface area contributed by atoms with Gasteiger partial charge in [-0.1, -0.05) is 15.9 Å². The van der Waals surface area contributed by atoms with Gasteiger partial charge in [-0.25, -0.2) is 4.39 Å². The van der Waals surface area contributed by atoms with Crippen molar-refractivity contribution in [2.75, 3.05) is 18.6 Å². The Labute approximate surface area is 104 Å². The van der Waals surface area contributed by atoms with Crippen molar-refractivity contribution >= 4 is 32.6 Å². The molecule has 0 radical (unpaired) electrons. The number of carbonyl (C=O) groups is 1. The van der Waals surface area contributed by atoms with Crippen LogP contribution in [0, 0.1) is 5.82 Å². The summed E-state index contributed by atoms with van der Waals surface area (Å²) in [6.07, 6.45) is 1.55. The Bertz CT molecular complexity index is 425. The highest BCUT2D eigenvalue weighted by molar-refractivity contribution is 9.10. The number of hydrogen-bond acceptors (Lipinski definition) is 2. The van der Waals surface area contributed by atoms with Crippen molar-refractivity contribution in [3.63, 3.8) is 0 Å². The molecule has 0 heterocycles. The maximum absolute atomic E-state index is 13.3. The van der Waals surface area contributed by atoms with E-state index in [0.717, 1.165) is 0 Å². The standard InChI is InChI=1S/C10H11BrFNO2S/c1-16(15)5-4-13-10(14)8-6-7(11)2-3-9(8)12/h2-3,6H,4-5H2,1H3,(H,13,14). The van der Waals surface area contributed by atoms with Crippen LogP contribution < -0.4 is 5.32 Å². The van der Waals surface area contributed by atoms with Crippen molar-refractivity contribution in [1.82, 2.24) is 5.32 Å². The van der Waals surface area contributed by atoms with Crippen LogP contribution in [0.3, 0.4) is 0 Å². The smallest absolute Gasteiger partial charge is 0.254 e. The van der Waals surface area contributed by atoms with E-state index in [4.69, 9.17) is 0 Å². The average Bonchev–Trinajstić information content (AvgIpc) is 2.21. The summed E-state index contributed by atoms with van der Waals surface area (Å²) in [7, 11) is -0.966. The summed E-state index contributed by atoms with van der Waals surface area (Å²) in [5, 5.41) is 2.51. The lowest BCUT2D eigenvalue weighted by Crippen LogP contribution is -2.28. The molecule has 1 aromatic rings. The molecule has 0 aliphatic carbocycles. The van der Waals surface area contributed by atoms with Crippen LogP contribution in [0.15, 0.2) is 22.7 Å². The molecule has 1 aromatic carbocycles. The van der Waals surface area contributed by atoms with Crippen LogP contribution in [0.5, 0.6) is 0 Å². The van der Waals surface area contributed by atoms with E-state index in [-0.39, 0.29) is 12.1 Å². The normalized spacial score (nSPS) is 12.2. The van der Waals surface area contributed by atoms with Crippen molar-refractivity contribution in [1.29, 1.82) is 0 Å². The van der Waals surface area contributed by atoms with Gasteiger partial charge in [0.05, 0.1) is 5.56 Å². The summed E-state index contributed by atoms with van der Waals surface area (Å²) in [5.74, 6) is -0.705. The van der Waals surface area contributed by atoms with Crippen molar-refractivity contribution < 1.29 is 13.4 Å². The lowest BCUT2D eigenvalue weighted by Gasteiger charge is -2.05. The third kappa shape index (κ3) is 4.02. The minimum atomic E-state index is -0.966. The topological polar surface area (TPSA) is 46.2 Å². The minimum Gasteiger partial charge on any atom is -0.351 e. The SMILES string of the molecule is CS(=O)CCNC(=O)c1cc(Br)ccc1F. The molecule has 3 nitrogen and oxygen atoms in total. The van der Waals surface area contributed by atoms with E-state index in [9.17, 15) is 13.4 Å². The second-order valence-corrected chi connectivity index (χ2v) is 5.63. The first-order chi connectivity index (χ1) is 7.50. The maximum atomic E-state index is 13.3. The molecule has 6 heteroatoms. The van der Waals surface area contributed by atoms with Crippen LogP contribution in [0.2, 0.25) is 0 Å². The molecule has 0 bridgehead atoms. The molecule has 0 saturated carbocycles. The molecule has 0 aromatic heterocycles. The van der Waals surface area contributed by atoms with Crippen molar-refractivity contribution in [2.24, 2.45) is 0 Å². The Morgan fingerprint density at radius 3 is 2.88 bits per heavy atom. The molecule has 0 aliphatic rings. The van der Waals surface area contributed by atoms with E-state index < -0.39 is 22.5 Å². The number of benzene rings is 1. The van der Waals surface area contributed by atoms with Gasteiger partial charge in [-0.3, -0.25) is 9.00 Å². The van der Waals surface area contributed by atoms with Gasteiger partial charge in [-0.15, -0.1) is 0 Å². The largest absolute Gasteiger partial charge is 0.351 e. The van der Waals surface area contributed by atoms with Crippen molar-refractivity contribution in [3.05, 3.63) is 34.1 Å². The summed E-state index contributed by atoms with van der Waals surface area (Å²) < 4.78 is 24.7. The molecule has 1 unspecified atom stereocenters. The molecule has 0 aliphatic heterocycles. The first-order valence-electron chi connectivity index (χ1n) is 4.54. The number of nitrogens with one attached hydrogen (secondary N) is 1. The monoisotopic (exact) mass is 307 g/mol. The van der Waals surface area contributed by atoms with E-state index in [1.165, 1.54) is 18.2 Å². The number of rotatable bonds is 4. The summed E-state index contributed by atoms with van der Waals surface area (Å²) in [5.41, 5.74) is -0.0174. The zero-order valence-electron chi connectivity index (χ0n) is 8.63. The van der Waals surface area contributed by atoms with Crippen LogP contribution in [-0.2, 0) is 10.8 Å². The predicted octanol–water partition coefficient (Wildman–Crippen LogP) is 1.70. The third-order valence-corrected chi connectivity index (χ3v) is 3.12. The summed E-state index contributed by atoms with van der Waals surface area (Å²) >= 11 is 3.16. The fourth-order valence-electron chi connectivity index (χ4n) is 1.08. The van der Waals surface area contributed by atoms with E-state index in [0.29, 0.717) is 10.2 Å². The Kier molecular flexibility index (Phi) is 5.08. The van der Waals surface area contributed by atoms with E-state index in [1.807, 2.05) is 0 Å². The predicted molar refractivity (Wildman–Crippen MR) is 65.4 cm³/mol. The van der Waals surface area contributed by atoms with Crippen LogP contribution in [0.25, 0.3) is 0 Å². The second-order valence-electron chi connectivity index (χ2n) is 3.16. The highest BCUT2D eigenvalue weighted by atomic mass is 79.9. The van der Waals surface area contributed by atoms with E-state index in [2.05, 4.69) is 21.2 Å². The first kappa shape index (κ1) is 13.3. The molecule has 0 spiro atoms. The van der Waals surface area contributed by atoms with Gasteiger partial charge >= 0.3 is 0 Å². The molecule has 0 fully saturated rings. The summed E-state index contributed by atoms with van der Waals surface area (Å²) in [4.78, 5) is 11.5. The Hall–Kier alpha value is -0.750. The summed E-state index contributed by atoms with van der Waals surface area (Å²) in [6, 6.07) is 4.15.